The average molecular weight is 494 g/mol. The quantitative estimate of drug-likeness (QED) is 0.562. The lowest BCUT2D eigenvalue weighted by Gasteiger charge is -2.14. The fourth-order valence-corrected chi connectivity index (χ4v) is 5.16. The standard InChI is InChI=1S/C24H20BrN3O2S/c1-16-8-2-5-11-20(16)28-23(30)21(14-17-9-3-4-10-19(17)25)31-24(28)18(15-26)22(29)27-12-6-7-13-27/h2-5,8-11,14H,6-7,12-13H2,1H3/b21-14-,24-18-. The van der Waals surface area contributed by atoms with E-state index in [0.717, 1.165) is 28.4 Å². The maximum Gasteiger partial charge on any atom is 0.273 e. The van der Waals surface area contributed by atoms with Crippen LogP contribution in [0.25, 0.3) is 17.3 Å². The van der Waals surface area contributed by atoms with Gasteiger partial charge in [-0.05, 0) is 49.1 Å². The van der Waals surface area contributed by atoms with E-state index in [2.05, 4.69) is 22.0 Å². The fourth-order valence-electron chi connectivity index (χ4n) is 3.68. The molecule has 5 nitrogen and oxygen atoms in total. The number of amides is 1. The number of para-hydroxylation sites is 1. The highest BCUT2D eigenvalue weighted by atomic mass is 79.9. The zero-order chi connectivity index (χ0) is 22.0. The maximum absolute atomic E-state index is 13.5. The number of aromatic nitrogens is 1. The molecule has 156 valence electrons. The Morgan fingerprint density at radius 1 is 1.13 bits per heavy atom. The molecule has 1 aliphatic heterocycles. The predicted octanol–water partition coefficient (Wildman–Crippen LogP) is 3.10. The molecule has 0 spiro atoms. The minimum absolute atomic E-state index is 0.0130. The number of carbonyl (C=O) groups is 1. The first kappa shape index (κ1) is 21.3. The van der Waals surface area contributed by atoms with Crippen LogP contribution in [-0.2, 0) is 4.79 Å². The summed E-state index contributed by atoms with van der Waals surface area (Å²) in [6.45, 7) is 3.19. The molecule has 0 atom stereocenters. The molecule has 1 aliphatic rings. The van der Waals surface area contributed by atoms with Crippen LogP contribution in [0.4, 0.5) is 0 Å². The summed E-state index contributed by atoms with van der Waals surface area (Å²) < 4.78 is 3.21. The van der Waals surface area contributed by atoms with Gasteiger partial charge in [0.25, 0.3) is 11.5 Å². The molecule has 0 N–H and O–H groups in total. The van der Waals surface area contributed by atoms with Gasteiger partial charge in [-0.25, -0.2) is 0 Å². The van der Waals surface area contributed by atoms with E-state index in [1.165, 1.54) is 15.9 Å². The van der Waals surface area contributed by atoms with Gasteiger partial charge < -0.3 is 4.90 Å². The molecule has 1 aromatic heterocycles. The molecule has 1 amide bonds. The second-order valence-corrected chi connectivity index (χ2v) is 9.24. The summed E-state index contributed by atoms with van der Waals surface area (Å²) in [5.41, 5.74) is 2.19. The topological polar surface area (TPSA) is 66.1 Å². The minimum atomic E-state index is -0.309. The Morgan fingerprint density at radius 3 is 2.48 bits per heavy atom. The van der Waals surface area contributed by atoms with Gasteiger partial charge in [0.2, 0.25) is 0 Å². The molecule has 1 saturated heterocycles. The molecule has 7 heteroatoms. The Morgan fingerprint density at radius 2 is 1.81 bits per heavy atom. The minimum Gasteiger partial charge on any atom is -0.338 e. The van der Waals surface area contributed by atoms with Gasteiger partial charge in [-0.1, -0.05) is 52.3 Å². The second kappa shape index (κ2) is 9.04. The summed E-state index contributed by atoms with van der Waals surface area (Å²) in [5.74, 6) is -0.309. The molecule has 4 rings (SSSR count). The number of benzene rings is 2. The van der Waals surface area contributed by atoms with E-state index in [-0.39, 0.29) is 17.0 Å². The molecule has 1 fully saturated rings. The van der Waals surface area contributed by atoms with Crippen molar-refractivity contribution in [3.63, 3.8) is 0 Å². The normalized spacial score (nSPS) is 15.1. The van der Waals surface area contributed by atoms with E-state index in [1.54, 1.807) is 11.0 Å². The number of nitrogens with zero attached hydrogens (tertiary/aromatic N) is 3. The number of nitriles is 1. The van der Waals surface area contributed by atoms with Crippen molar-refractivity contribution in [3.05, 3.63) is 83.7 Å². The lowest BCUT2D eigenvalue weighted by molar-refractivity contribution is -0.123. The van der Waals surface area contributed by atoms with Crippen molar-refractivity contribution in [1.82, 2.24) is 9.47 Å². The predicted molar refractivity (Wildman–Crippen MR) is 126 cm³/mol. The lowest BCUT2D eigenvalue weighted by Crippen LogP contribution is -2.35. The molecule has 0 saturated carbocycles. The zero-order valence-electron chi connectivity index (χ0n) is 17.0. The smallest absolute Gasteiger partial charge is 0.273 e. The Kier molecular flexibility index (Phi) is 6.21. The van der Waals surface area contributed by atoms with Crippen molar-refractivity contribution in [3.8, 4) is 11.8 Å². The summed E-state index contributed by atoms with van der Waals surface area (Å²) in [6.07, 6.45) is 3.66. The van der Waals surface area contributed by atoms with E-state index >= 15 is 0 Å². The molecule has 0 radical (unpaired) electrons. The molecule has 0 aliphatic carbocycles. The van der Waals surface area contributed by atoms with Crippen LogP contribution in [0.5, 0.6) is 0 Å². The Labute approximate surface area is 192 Å². The van der Waals surface area contributed by atoms with Gasteiger partial charge in [-0.2, -0.15) is 5.26 Å². The summed E-state index contributed by atoms with van der Waals surface area (Å²) in [6, 6.07) is 17.2. The lowest BCUT2D eigenvalue weighted by atomic mass is 10.2. The van der Waals surface area contributed by atoms with Crippen LogP contribution in [0.15, 0.2) is 57.8 Å². The van der Waals surface area contributed by atoms with E-state index in [0.29, 0.717) is 28.0 Å². The maximum atomic E-state index is 13.5. The van der Waals surface area contributed by atoms with Gasteiger partial charge in [0.15, 0.2) is 5.57 Å². The highest BCUT2D eigenvalue weighted by Crippen LogP contribution is 2.17. The molecule has 31 heavy (non-hydrogen) atoms. The first-order valence-electron chi connectivity index (χ1n) is 9.99. The number of hydrogen-bond acceptors (Lipinski definition) is 4. The average Bonchev–Trinajstić information content (AvgIpc) is 3.40. The van der Waals surface area contributed by atoms with Gasteiger partial charge in [-0.15, -0.1) is 11.3 Å². The summed E-state index contributed by atoms with van der Waals surface area (Å²) in [5, 5.41) is 9.92. The molecule has 2 aromatic carbocycles. The van der Waals surface area contributed by atoms with Gasteiger partial charge in [0.05, 0.1) is 10.2 Å². The third kappa shape index (κ3) is 4.14. The third-order valence-corrected chi connectivity index (χ3v) is 7.12. The van der Waals surface area contributed by atoms with Crippen molar-refractivity contribution in [1.29, 1.82) is 5.26 Å². The highest BCUT2D eigenvalue weighted by Gasteiger charge is 2.24. The Hall–Kier alpha value is -2.95. The van der Waals surface area contributed by atoms with Crippen LogP contribution in [0.2, 0.25) is 0 Å². The van der Waals surface area contributed by atoms with Crippen molar-refractivity contribution in [2.45, 2.75) is 19.8 Å². The van der Waals surface area contributed by atoms with Crippen LogP contribution >= 0.6 is 27.3 Å². The van der Waals surface area contributed by atoms with Gasteiger partial charge in [0.1, 0.15) is 10.7 Å². The van der Waals surface area contributed by atoms with E-state index in [1.807, 2.05) is 55.5 Å². The van der Waals surface area contributed by atoms with Crippen molar-refractivity contribution < 1.29 is 4.79 Å². The molecule has 3 aromatic rings. The third-order valence-electron chi connectivity index (χ3n) is 5.30. The zero-order valence-corrected chi connectivity index (χ0v) is 19.4. The molecule has 0 bridgehead atoms. The number of thiazole rings is 1. The molecular formula is C24H20BrN3O2S. The number of rotatable bonds is 3. The SMILES string of the molecule is Cc1ccccc1-n1c(=O)/c(=C/c2ccccc2Br)s/c1=C(/C#N)C(=O)N1CCCC1. The van der Waals surface area contributed by atoms with Gasteiger partial charge in [-0.3, -0.25) is 14.2 Å². The number of hydrogen-bond donors (Lipinski definition) is 0. The fraction of sp³-hybridized carbons (Fsp3) is 0.208. The van der Waals surface area contributed by atoms with Crippen LogP contribution in [0.3, 0.4) is 0 Å². The van der Waals surface area contributed by atoms with Gasteiger partial charge >= 0.3 is 0 Å². The van der Waals surface area contributed by atoms with Crippen molar-refractivity contribution in [2.75, 3.05) is 13.1 Å². The van der Waals surface area contributed by atoms with E-state index < -0.39 is 0 Å². The number of carbonyl (C=O) groups excluding carboxylic acids is 1. The summed E-state index contributed by atoms with van der Waals surface area (Å²) >= 11 is 4.70. The first-order chi connectivity index (χ1) is 15.0. The van der Waals surface area contributed by atoms with Crippen LogP contribution in [0.1, 0.15) is 24.0 Å². The van der Waals surface area contributed by atoms with E-state index in [9.17, 15) is 14.9 Å². The summed E-state index contributed by atoms with van der Waals surface area (Å²) in [4.78, 5) is 28.3. The second-order valence-electron chi connectivity index (χ2n) is 7.35. The Balaban J connectivity index is 2.06. The molecular weight excluding hydrogens is 474 g/mol. The van der Waals surface area contributed by atoms with Crippen LogP contribution < -0.4 is 14.8 Å². The number of aryl methyl sites for hydroxylation is 1. The first-order valence-corrected chi connectivity index (χ1v) is 11.6. The molecule has 2 heterocycles. The monoisotopic (exact) mass is 493 g/mol. The van der Waals surface area contributed by atoms with Crippen molar-refractivity contribution in [2.24, 2.45) is 0 Å². The Bertz CT molecular complexity index is 1370. The largest absolute Gasteiger partial charge is 0.338 e. The number of likely N-dealkylation sites (tertiary alicyclic amines) is 1. The van der Waals surface area contributed by atoms with Crippen molar-refractivity contribution >= 4 is 44.8 Å². The molecule has 0 unspecified atom stereocenters. The van der Waals surface area contributed by atoms with Crippen LogP contribution in [0, 0.1) is 18.3 Å². The van der Waals surface area contributed by atoms with Crippen LogP contribution in [-0.4, -0.2) is 28.5 Å². The summed E-state index contributed by atoms with van der Waals surface area (Å²) in [7, 11) is 0. The highest BCUT2D eigenvalue weighted by molar-refractivity contribution is 9.10. The number of halogens is 1. The van der Waals surface area contributed by atoms with Gasteiger partial charge in [0, 0.05) is 17.6 Å². The van der Waals surface area contributed by atoms with E-state index in [4.69, 9.17) is 0 Å².